The van der Waals surface area contributed by atoms with Gasteiger partial charge in [0.25, 0.3) is 5.91 Å². The Labute approximate surface area is 139 Å². The first kappa shape index (κ1) is 15.4. The van der Waals surface area contributed by atoms with Gasteiger partial charge in [-0.3, -0.25) is 4.79 Å². The third-order valence-electron chi connectivity index (χ3n) is 3.56. The zero-order valence-electron chi connectivity index (χ0n) is 12.9. The third-order valence-corrected chi connectivity index (χ3v) is 3.84. The topological polar surface area (TPSA) is 47.6 Å². The standard InChI is InChI=1S/C18H16ClNO3/c1-3-23-16-10-11(9-14(19)17(16)22-2)8-13-12-6-4-5-7-15(12)20-18(13)21/h4-10H,3H2,1-2H3,(H,20,21). The lowest BCUT2D eigenvalue weighted by molar-refractivity contribution is -0.110. The van der Waals surface area contributed by atoms with Gasteiger partial charge in [0.05, 0.1) is 18.7 Å². The summed E-state index contributed by atoms with van der Waals surface area (Å²) in [6, 6.07) is 11.1. The minimum atomic E-state index is -0.129. The van der Waals surface area contributed by atoms with Crippen LogP contribution in [-0.2, 0) is 4.79 Å². The Hall–Kier alpha value is -2.46. The number of hydrogen-bond acceptors (Lipinski definition) is 3. The number of methoxy groups -OCH3 is 1. The zero-order valence-corrected chi connectivity index (χ0v) is 13.6. The number of carbonyl (C=O) groups is 1. The van der Waals surface area contributed by atoms with Crippen LogP contribution in [0.5, 0.6) is 11.5 Å². The molecule has 0 fully saturated rings. The van der Waals surface area contributed by atoms with Crippen molar-refractivity contribution in [3.05, 3.63) is 52.5 Å². The van der Waals surface area contributed by atoms with E-state index in [1.54, 1.807) is 19.3 Å². The maximum atomic E-state index is 12.2. The maximum absolute atomic E-state index is 12.2. The van der Waals surface area contributed by atoms with Crippen molar-refractivity contribution in [1.82, 2.24) is 0 Å². The van der Waals surface area contributed by atoms with E-state index in [-0.39, 0.29) is 5.91 Å². The summed E-state index contributed by atoms with van der Waals surface area (Å²) in [5.74, 6) is 0.920. The van der Waals surface area contributed by atoms with Crippen molar-refractivity contribution >= 4 is 34.8 Å². The fourth-order valence-corrected chi connectivity index (χ4v) is 2.88. The van der Waals surface area contributed by atoms with Crippen LogP contribution in [0.2, 0.25) is 5.02 Å². The number of nitrogens with one attached hydrogen (secondary N) is 1. The fourth-order valence-electron chi connectivity index (χ4n) is 2.58. The molecule has 0 aliphatic carbocycles. The summed E-state index contributed by atoms with van der Waals surface area (Å²) in [5, 5.41) is 3.29. The van der Waals surface area contributed by atoms with Gasteiger partial charge in [-0.15, -0.1) is 0 Å². The van der Waals surface area contributed by atoms with Crippen LogP contribution in [0, 0.1) is 0 Å². The second-order valence-corrected chi connectivity index (χ2v) is 5.43. The lowest BCUT2D eigenvalue weighted by Gasteiger charge is -2.12. The summed E-state index contributed by atoms with van der Waals surface area (Å²) in [7, 11) is 1.54. The van der Waals surface area contributed by atoms with E-state index in [1.807, 2.05) is 37.3 Å². The lowest BCUT2D eigenvalue weighted by Crippen LogP contribution is -2.03. The van der Waals surface area contributed by atoms with Crippen LogP contribution < -0.4 is 14.8 Å². The van der Waals surface area contributed by atoms with Crippen LogP contribution in [0.4, 0.5) is 5.69 Å². The first-order chi connectivity index (χ1) is 11.1. The average Bonchev–Trinajstić information content (AvgIpc) is 2.84. The summed E-state index contributed by atoms with van der Waals surface area (Å²) < 4.78 is 10.8. The number of benzene rings is 2. The summed E-state index contributed by atoms with van der Waals surface area (Å²) in [5.41, 5.74) is 3.07. The fraction of sp³-hybridized carbons (Fsp3) is 0.167. The molecule has 2 aromatic rings. The van der Waals surface area contributed by atoms with Crippen LogP contribution in [0.3, 0.4) is 0 Å². The lowest BCUT2D eigenvalue weighted by atomic mass is 10.0. The summed E-state index contributed by atoms with van der Waals surface area (Å²) >= 11 is 6.26. The van der Waals surface area contributed by atoms with E-state index in [0.717, 1.165) is 16.8 Å². The van der Waals surface area contributed by atoms with Gasteiger partial charge in [0.15, 0.2) is 11.5 Å². The second-order valence-electron chi connectivity index (χ2n) is 5.02. The van der Waals surface area contributed by atoms with E-state index in [0.29, 0.717) is 28.7 Å². The predicted molar refractivity (Wildman–Crippen MR) is 92.1 cm³/mol. The van der Waals surface area contributed by atoms with Crippen molar-refractivity contribution in [3.63, 3.8) is 0 Å². The highest BCUT2D eigenvalue weighted by Crippen LogP contribution is 2.38. The molecule has 0 spiro atoms. The number of carbonyl (C=O) groups excluding carboxylic acids is 1. The van der Waals surface area contributed by atoms with E-state index in [2.05, 4.69) is 5.32 Å². The molecule has 0 unspecified atom stereocenters. The molecule has 1 aliphatic rings. The molecule has 0 saturated carbocycles. The minimum absolute atomic E-state index is 0.129. The predicted octanol–water partition coefficient (Wildman–Crippen LogP) is 4.24. The molecule has 3 rings (SSSR count). The van der Waals surface area contributed by atoms with E-state index >= 15 is 0 Å². The molecule has 1 heterocycles. The minimum Gasteiger partial charge on any atom is -0.491 e. The van der Waals surface area contributed by atoms with Crippen LogP contribution in [0.1, 0.15) is 18.1 Å². The number of fused-ring (bicyclic) bond motifs is 1. The average molecular weight is 330 g/mol. The van der Waals surface area contributed by atoms with Crippen molar-refractivity contribution in [2.24, 2.45) is 0 Å². The first-order valence-corrected chi connectivity index (χ1v) is 7.64. The van der Waals surface area contributed by atoms with Crippen molar-refractivity contribution < 1.29 is 14.3 Å². The quantitative estimate of drug-likeness (QED) is 0.853. The Bertz CT molecular complexity index is 799. The Balaban J connectivity index is 2.08. The summed E-state index contributed by atoms with van der Waals surface area (Å²) in [6.07, 6.45) is 1.80. The van der Waals surface area contributed by atoms with Crippen LogP contribution in [0.25, 0.3) is 11.6 Å². The molecule has 4 nitrogen and oxygen atoms in total. The van der Waals surface area contributed by atoms with Gasteiger partial charge >= 0.3 is 0 Å². The molecule has 5 heteroatoms. The Morgan fingerprint density at radius 3 is 2.78 bits per heavy atom. The molecule has 1 aliphatic heterocycles. The highest BCUT2D eigenvalue weighted by Gasteiger charge is 2.23. The van der Waals surface area contributed by atoms with Gasteiger partial charge in [0.1, 0.15) is 0 Å². The van der Waals surface area contributed by atoms with Gasteiger partial charge in [-0.1, -0.05) is 29.8 Å². The van der Waals surface area contributed by atoms with Gasteiger partial charge in [0, 0.05) is 16.8 Å². The monoisotopic (exact) mass is 329 g/mol. The van der Waals surface area contributed by atoms with Crippen LogP contribution >= 0.6 is 11.6 Å². The van der Waals surface area contributed by atoms with E-state index in [1.165, 1.54) is 0 Å². The van der Waals surface area contributed by atoms with E-state index in [4.69, 9.17) is 21.1 Å². The molecule has 1 N–H and O–H groups in total. The highest BCUT2D eigenvalue weighted by atomic mass is 35.5. The van der Waals surface area contributed by atoms with E-state index in [9.17, 15) is 4.79 Å². The number of halogens is 1. The molecular formula is C18H16ClNO3. The number of ether oxygens (including phenoxy) is 2. The molecule has 0 aromatic heterocycles. The Morgan fingerprint density at radius 2 is 2.04 bits per heavy atom. The number of para-hydroxylation sites is 1. The van der Waals surface area contributed by atoms with Crippen molar-refractivity contribution in [2.75, 3.05) is 19.0 Å². The largest absolute Gasteiger partial charge is 0.491 e. The number of amides is 1. The smallest absolute Gasteiger partial charge is 0.256 e. The molecule has 0 radical (unpaired) electrons. The number of anilines is 1. The molecule has 2 aromatic carbocycles. The van der Waals surface area contributed by atoms with Gasteiger partial charge < -0.3 is 14.8 Å². The van der Waals surface area contributed by atoms with Gasteiger partial charge in [-0.25, -0.2) is 0 Å². The highest BCUT2D eigenvalue weighted by molar-refractivity contribution is 6.35. The molecule has 118 valence electrons. The molecule has 0 bridgehead atoms. The number of rotatable bonds is 4. The number of hydrogen-bond donors (Lipinski definition) is 1. The Kier molecular flexibility index (Phi) is 4.26. The zero-order chi connectivity index (χ0) is 16.4. The molecule has 0 saturated heterocycles. The second kappa shape index (κ2) is 6.34. The van der Waals surface area contributed by atoms with Crippen molar-refractivity contribution in [3.8, 4) is 11.5 Å². The van der Waals surface area contributed by atoms with Gasteiger partial charge in [-0.05, 0) is 36.8 Å². The third kappa shape index (κ3) is 2.90. The molecule has 23 heavy (non-hydrogen) atoms. The summed E-state index contributed by atoms with van der Waals surface area (Å²) in [4.78, 5) is 12.2. The molecule has 0 atom stereocenters. The van der Waals surface area contributed by atoms with Crippen LogP contribution in [-0.4, -0.2) is 19.6 Å². The van der Waals surface area contributed by atoms with Gasteiger partial charge in [-0.2, -0.15) is 0 Å². The Morgan fingerprint density at radius 1 is 1.26 bits per heavy atom. The SMILES string of the molecule is CCOc1cc(C=C2C(=O)Nc3ccccc32)cc(Cl)c1OC. The van der Waals surface area contributed by atoms with Crippen LogP contribution in [0.15, 0.2) is 36.4 Å². The molecule has 1 amide bonds. The molecular weight excluding hydrogens is 314 g/mol. The van der Waals surface area contributed by atoms with Crippen molar-refractivity contribution in [2.45, 2.75) is 6.92 Å². The maximum Gasteiger partial charge on any atom is 0.256 e. The van der Waals surface area contributed by atoms with Gasteiger partial charge in [0.2, 0.25) is 0 Å². The van der Waals surface area contributed by atoms with E-state index < -0.39 is 0 Å². The normalized spacial score (nSPS) is 14.6. The summed E-state index contributed by atoms with van der Waals surface area (Å²) in [6.45, 7) is 2.38. The van der Waals surface area contributed by atoms with Crippen molar-refractivity contribution in [1.29, 1.82) is 0 Å². The first-order valence-electron chi connectivity index (χ1n) is 7.26.